The largest absolute Gasteiger partial charge is 1.00 e. The van der Waals surface area contributed by atoms with Crippen molar-refractivity contribution in [2.24, 2.45) is 5.92 Å². The van der Waals surface area contributed by atoms with Gasteiger partial charge in [-0.3, -0.25) is 0 Å². The summed E-state index contributed by atoms with van der Waals surface area (Å²) in [5.41, 5.74) is 10.8. The van der Waals surface area contributed by atoms with E-state index in [-0.39, 0.29) is 24.8 Å². The van der Waals surface area contributed by atoms with Crippen LogP contribution in [0.25, 0.3) is 11.1 Å². The third-order valence-electron chi connectivity index (χ3n) is 6.53. The van der Waals surface area contributed by atoms with Gasteiger partial charge in [-0.05, 0) is 0 Å². The van der Waals surface area contributed by atoms with Gasteiger partial charge in [-0.15, -0.1) is 0 Å². The van der Waals surface area contributed by atoms with Gasteiger partial charge in [-0.25, -0.2) is 0 Å². The molecule has 0 saturated carbocycles. The van der Waals surface area contributed by atoms with Crippen molar-refractivity contribution in [1.82, 2.24) is 0 Å². The van der Waals surface area contributed by atoms with E-state index >= 15 is 0 Å². The van der Waals surface area contributed by atoms with Crippen molar-refractivity contribution in [3.8, 4) is 11.1 Å². The Balaban J connectivity index is 0.00000140. The molecule has 1 atom stereocenters. The van der Waals surface area contributed by atoms with Crippen molar-refractivity contribution in [2.45, 2.75) is 48.0 Å². The maximum Gasteiger partial charge on any atom is -1.00 e. The number of allylic oxidation sites excluding steroid dienone is 4. The second kappa shape index (κ2) is 8.95. The Morgan fingerprint density at radius 1 is 0.857 bits per heavy atom. The Morgan fingerprint density at radius 3 is 2.11 bits per heavy atom. The van der Waals surface area contributed by atoms with Crippen molar-refractivity contribution in [3.63, 3.8) is 0 Å². The fourth-order valence-electron chi connectivity index (χ4n) is 4.84. The zero-order chi connectivity index (χ0) is 18.6. The van der Waals surface area contributed by atoms with Crippen LogP contribution in [-0.4, -0.2) is 3.21 Å². The first kappa shape index (κ1) is 23.5. The maximum absolute atomic E-state index is 2.46. The fraction of sp³-hybridized carbons (Fsp3) is 0.320. The molecule has 0 N–H and O–H groups in total. The number of rotatable bonds is 2. The van der Waals surface area contributed by atoms with Gasteiger partial charge >= 0.3 is 166 Å². The smallest absolute Gasteiger partial charge is 1.00 e. The molecule has 0 saturated heterocycles. The van der Waals surface area contributed by atoms with Crippen LogP contribution in [0.5, 0.6) is 0 Å². The minimum atomic E-state index is -2.06. The predicted octanol–water partition coefficient (Wildman–Crippen LogP) is -0.0184. The van der Waals surface area contributed by atoms with Crippen LogP contribution in [0.1, 0.15) is 52.7 Å². The van der Waals surface area contributed by atoms with Crippen molar-refractivity contribution >= 4 is 6.48 Å². The van der Waals surface area contributed by atoms with Crippen molar-refractivity contribution in [2.75, 3.05) is 0 Å². The second-order valence-corrected chi connectivity index (χ2v) is 15.1. The van der Waals surface area contributed by atoms with E-state index in [4.69, 9.17) is 0 Å². The standard InChI is InChI=1S/C13H9.C9H13.C3H6.2ClH.Zr/c1-3-7-12-10(5-1)9-11-6-2-4-8-13(11)12;1-6-5-7(2)9(4)8(6)3;1-3-2;;;/h1-5,7-8H,9H2;6H,1-4H3;1-2H3;2*1H;/q;;;;;+2/p-2. The van der Waals surface area contributed by atoms with E-state index in [0.29, 0.717) is 5.92 Å². The van der Waals surface area contributed by atoms with Crippen LogP contribution in [0, 0.1) is 5.92 Å². The molecule has 0 bridgehead atoms. The third kappa shape index (κ3) is 3.60. The van der Waals surface area contributed by atoms with Gasteiger partial charge in [-0.1, -0.05) is 0 Å². The Morgan fingerprint density at radius 2 is 1.50 bits per heavy atom. The predicted molar refractivity (Wildman–Crippen MR) is 111 cm³/mol. The summed E-state index contributed by atoms with van der Waals surface area (Å²) in [5.74, 6) is 0.624. The molecule has 2 aromatic carbocycles. The van der Waals surface area contributed by atoms with Crippen LogP contribution in [0.4, 0.5) is 0 Å². The number of hydrogen-bond donors (Lipinski definition) is 0. The Labute approximate surface area is 190 Å². The Bertz CT molecular complexity index is 1020. The molecule has 3 heteroatoms. The molecule has 0 amide bonds. The zero-order valence-electron chi connectivity index (χ0n) is 17.6. The molecule has 1 unspecified atom stereocenters. The molecule has 0 aliphatic heterocycles. The molecule has 4 rings (SSSR count). The van der Waals surface area contributed by atoms with E-state index in [1.807, 2.05) is 3.28 Å². The van der Waals surface area contributed by atoms with Crippen LogP contribution in [-0.2, 0) is 27.7 Å². The number of halogens is 2. The first-order valence-electron chi connectivity index (χ1n) is 9.68. The van der Waals surface area contributed by atoms with Crippen molar-refractivity contribution < 1.29 is 46.1 Å². The summed E-state index contributed by atoms with van der Waals surface area (Å²) >= 11 is -2.06. The van der Waals surface area contributed by atoms with Gasteiger partial charge in [0.2, 0.25) is 0 Å². The van der Waals surface area contributed by atoms with Crippen LogP contribution >= 0.6 is 0 Å². The SMILES string of the molecule is CC1=C(C)C(C)[C]([Zr+2](=[C](C)C)[c]2cccc3c2Cc2ccccc2-3)=C1C.[Cl-].[Cl-]. The molecular formula is C25H28Cl2Zr. The summed E-state index contributed by atoms with van der Waals surface area (Å²) in [7, 11) is 0. The van der Waals surface area contributed by atoms with Crippen molar-refractivity contribution in [3.05, 3.63) is 73.6 Å². The summed E-state index contributed by atoms with van der Waals surface area (Å²) in [5, 5.41) is 0. The van der Waals surface area contributed by atoms with Gasteiger partial charge in [0.1, 0.15) is 0 Å². The summed E-state index contributed by atoms with van der Waals surface area (Å²) in [4.78, 5) is 0. The van der Waals surface area contributed by atoms with Gasteiger partial charge in [-0.2, -0.15) is 0 Å². The summed E-state index contributed by atoms with van der Waals surface area (Å²) in [6.45, 7) is 14.3. The topological polar surface area (TPSA) is 0 Å². The molecule has 0 aromatic heterocycles. The number of fused-ring (bicyclic) bond motifs is 3. The molecule has 0 radical (unpaired) electrons. The molecule has 0 nitrogen and oxygen atoms in total. The van der Waals surface area contributed by atoms with E-state index in [0.717, 1.165) is 6.42 Å². The Hall–Kier alpha value is -0.747. The molecular weight excluding hydrogens is 462 g/mol. The van der Waals surface area contributed by atoms with Gasteiger partial charge < -0.3 is 24.8 Å². The monoisotopic (exact) mass is 488 g/mol. The first-order valence-corrected chi connectivity index (χ1v) is 13.4. The van der Waals surface area contributed by atoms with Crippen LogP contribution in [0.15, 0.2) is 62.5 Å². The summed E-state index contributed by atoms with van der Waals surface area (Å²) < 4.78 is 5.22. The molecule has 0 fully saturated rings. The minimum absolute atomic E-state index is 0. The van der Waals surface area contributed by atoms with Crippen LogP contribution in [0.3, 0.4) is 0 Å². The van der Waals surface area contributed by atoms with Crippen LogP contribution in [0.2, 0.25) is 0 Å². The zero-order valence-corrected chi connectivity index (χ0v) is 21.6. The van der Waals surface area contributed by atoms with E-state index in [1.54, 1.807) is 28.8 Å². The van der Waals surface area contributed by atoms with E-state index in [1.165, 1.54) is 16.7 Å². The molecule has 2 aliphatic rings. The number of benzene rings is 2. The normalized spacial score (nSPS) is 16.7. The van der Waals surface area contributed by atoms with Gasteiger partial charge in [0.05, 0.1) is 0 Å². The average Bonchev–Trinajstić information content (AvgIpc) is 3.09. The molecule has 2 aliphatic carbocycles. The molecule has 2 aromatic rings. The average molecular weight is 491 g/mol. The van der Waals surface area contributed by atoms with Gasteiger partial charge in [0.25, 0.3) is 0 Å². The second-order valence-electron chi connectivity index (χ2n) is 8.11. The molecule has 0 spiro atoms. The Kier molecular flexibility index (Phi) is 7.52. The molecule has 28 heavy (non-hydrogen) atoms. The summed E-state index contributed by atoms with van der Waals surface area (Å²) in [6, 6.07) is 16.1. The third-order valence-corrected chi connectivity index (χ3v) is 14.8. The minimum Gasteiger partial charge on any atom is -1.00 e. The molecule has 0 heterocycles. The van der Waals surface area contributed by atoms with Crippen molar-refractivity contribution in [1.29, 1.82) is 0 Å². The first-order chi connectivity index (χ1) is 12.4. The van der Waals surface area contributed by atoms with E-state index in [2.05, 4.69) is 84.0 Å². The van der Waals surface area contributed by atoms with Crippen LogP contribution < -0.4 is 28.1 Å². The van der Waals surface area contributed by atoms with E-state index < -0.39 is 21.3 Å². The summed E-state index contributed by atoms with van der Waals surface area (Å²) in [6.07, 6.45) is 1.12. The maximum atomic E-state index is 2.46. The molecule has 146 valence electrons. The van der Waals surface area contributed by atoms with Gasteiger partial charge in [0, 0.05) is 0 Å². The quantitative estimate of drug-likeness (QED) is 0.474. The number of hydrogen-bond acceptors (Lipinski definition) is 0. The van der Waals surface area contributed by atoms with E-state index in [9.17, 15) is 0 Å². The fourth-order valence-corrected chi connectivity index (χ4v) is 13.1. The van der Waals surface area contributed by atoms with Gasteiger partial charge in [0.15, 0.2) is 0 Å².